The zero-order valence-corrected chi connectivity index (χ0v) is 20.1. The van der Waals surface area contributed by atoms with E-state index in [0.717, 1.165) is 13.1 Å². The molecule has 2 N–H and O–H groups in total. The number of hydrogen-bond donors (Lipinski definition) is 1. The van der Waals surface area contributed by atoms with Gasteiger partial charge in [0.15, 0.2) is 8.32 Å². The summed E-state index contributed by atoms with van der Waals surface area (Å²) in [4.78, 5) is 9.38. The fourth-order valence-corrected chi connectivity index (χ4v) is 5.33. The average molecular weight is 425 g/mol. The molecule has 2 saturated heterocycles. The van der Waals surface area contributed by atoms with Crippen LogP contribution in [0.3, 0.4) is 0 Å². The van der Waals surface area contributed by atoms with Crippen LogP contribution in [0.15, 0.2) is 42.6 Å². The van der Waals surface area contributed by atoms with Crippen LogP contribution in [-0.2, 0) is 11.0 Å². The third kappa shape index (κ3) is 4.21. The minimum Gasteiger partial charge on any atom is -0.413 e. The molecule has 0 saturated carbocycles. The van der Waals surface area contributed by atoms with E-state index in [9.17, 15) is 0 Å². The third-order valence-electron chi connectivity index (χ3n) is 7.26. The monoisotopic (exact) mass is 424 g/mol. The van der Waals surface area contributed by atoms with Crippen molar-refractivity contribution in [1.29, 1.82) is 0 Å². The number of piperazine rings is 1. The molecule has 0 amide bonds. The fraction of sp³-hybridized carbons (Fsp3) is 0.542. The standard InChI is InChI=1S/C24H36N4OSi/c1-24(2,3)30(4,5)29-17-18-6-8-19(9-7-18)28-21-10-11-22(28)16-27(15-21)20-12-13-23(25)26-14-20/h6-9,12-14,21-22H,10-11,15-17H2,1-5H3,(H2,25,26). The Morgan fingerprint density at radius 2 is 1.60 bits per heavy atom. The molecule has 0 spiro atoms. The summed E-state index contributed by atoms with van der Waals surface area (Å²) >= 11 is 0. The van der Waals surface area contributed by atoms with E-state index in [0.29, 0.717) is 24.5 Å². The van der Waals surface area contributed by atoms with Crippen LogP contribution in [0.25, 0.3) is 0 Å². The smallest absolute Gasteiger partial charge is 0.192 e. The van der Waals surface area contributed by atoms with Gasteiger partial charge in [-0.1, -0.05) is 32.9 Å². The number of aromatic nitrogens is 1. The topological polar surface area (TPSA) is 54.6 Å². The lowest BCUT2D eigenvalue weighted by molar-refractivity contribution is 0.276. The Hall–Kier alpha value is -2.05. The number of fused-ring (bicyclic) bond motifs is 2. The largest absolute Gasteiger partial charge is 0.413 e. The summed E-state index contributed by atoms with van der Waals surface area (Å²) in [5, 5.41) is 0.242. The number of benzene rings is 1. The molecule has 0 radical (unpaired) electrons. The van der Waals surface area contributed by atoms with Gasteiger partial charge in [-0.3, -0.25) is 0 Å². The number of nitrogens with zero attached hydrogens (tertiary/aromatic N) is 3. The molecule has 2 aromatic rings. The van der Waals surface area contributed by atoms with Gasteiger partial charge in [-0.25, -0.2) is 4.98 Å². The number of hydrogen-bond acceptors (Lipinski definition) is 5. The van der Waals surface area contributed by atoms with Crippen LogP contribution in [0.5, 0.6) is 0 Å². The number of nitrogens with two attached hydrogens (primary N) is 1. The maximum atomic E-state index is 6.40. The quantitative estimate of drug-likeness (QED) is 0.681. The summed E-state index contributed by atoms with van der Waals surface area (Å²) in [5.74, 6) is 0.581. The molecule has 2 aliphatic heterocycles. The maximum Gasteiger partial charge on any atom is 0.192 e. The van der Waals surface area contributed by atoms with Crippen LogP contribution in [0.2, 0.25) is 18.1 Å². The average Bonchev–Trinajstić information content (AvgIpc) is 2.96. The van der Waals surface area contributed by atoms with Gasteiger partial charge in [0.1, 0.15) is 5.82 Å². The first kappa shape index (κ1) is 21.2. The summed E-state index contributed by atoms with van der Waals surface area (Å²) in [6.45, 7) is 14.3. The number of rotatable bonds is 5. The second-order valence-corrected chi connectivity index (χ2v) is 15.2. The molecule has 1 aromatic heterocycles. The van der Waals surface area contributed by atoms with Crippen molar-refractivity contribution in [3.8, 4) is 0 Å². The van der Waals surface area contributed by atoms with E-state index < -0.39 is 8.32 Å². The molecule has 2 atom stereocenters. The van der Waals surface area contributed by atoms with Crippen LogP contribution in [0.1, 0.15) is 39.2 Å². The SMILES string of the molecule is CC(C)(C)[Si](C)(C)OCc1ccc(N2C3CCC2CN(c2ccc(N)nc2)C3)cc1. The Balaban J connectivity index is 1.41. The molecule has 4 rings (SSSR count). The summed E-state index contributed by atoms with van der Waals surface area (Å²) in [6.07, 6.45) is 4.40. The van der Waals surface area contributed by atoms with Gasteiger partial charge in [0.2, 0.25) is 0 Å². The Labute approximate surface area is 182 Å². The van der Waals surface area contributed by atoms with Crippen molar-refractivity contribution in [2.45, 2.75) is 70.4 Å². The van der Waals surface area contributed by atoms with Crippen molar-refractivity contribution in [3.05, 3.63) is 48.2 Å². The third-order valence-corrected chi connectivity index (χ3v) is 11.7. The molecule has 30 heavy (non-hydrogen) atoms. The van der Waals surface area contributed by atoms with Crippen LogP contribution in [-0.4, -0.2) is 38.5 Å². The van der Waals surface area contributed by atoms with Crippen molar-refractivity contribution in [2.75, 3.05) is 28.6 Å². The van der Waals surface area contributed by atoms with Crippen molar-refractivity contribution < 1.29 is 4.43 Å². The highest BCUT2D eigenvalue weighted by Gasteiger charge is 2.40. The Morgan fingerprint density at radius 1 is 1.00 bits per heavy atom. The van der Waals surface area contributed by atoms with Gasteiger partial charge >= 0.3 is 0 Å². The van der Waals surface area contributed by atoms with Crippen LogP contribution >= 0.6 is 0 Å². The normalized spacial score (nSPS) is 21.9. The van der Waals surface area contributed by atoms with E-state index >= 15 is 0 Å². The first-order valence-electron chi connectivity index (χ1n) is 11.1. The first-order valence-corrected chi connectivity index (χ1v) is 14.0. The van der Waals surface area contributed by atoms with Gasteiger partial charge in [-0.2, -0.15) is 0 Å². The lowest BCUT2D eigenvalue weighted by atomic mass is 10.1. The molecule has 1 aromatic carbocycles. The zero-order chi connectivity index (χ0) is 21.5. The lowest BCUT2D eigenvalue weighted by Gasteiger charge is -2.43. The fourth-order valence-electron chi connectivity index (χ4n) is 4.36. The molecular formula is C24H36N4OSi. The van der Waals surface area contributed by atoms with Crippen LogP contribution in [0.4, 0.5) is 17.2 Å². The van der Waals surface area contributed by atoms with Crippen molar-refractivity contribution in [2.24, 2.45) is 0 Å². The maximum absolute atomic E-state index is 6.40. The van der Waals surface area contributed by atoms with E-state index in [2.05, 4.69) is 79.0 Å². The first-order chi connectivity index (χ1) is 14.1. The molecule has 2 fully saturated rings. The number of anilines is 3. The van der Waals surface area contributed by atoms with Crippen molar-refractivity contribution >= 4 is 25.5 Å². The molecule has 3 heterocycles. The minimum absolute atomic E-state index is 0.242. The lowest BCUT2D eigenvalue weighted by Crippen LogP contribution is -2.54. The van der Waals surface area contributed by atoms with E-state index in [-0.39, 0.29) is 5.04 Å². The minimum atomic E-state index is -1.72. The summed E-state index contributed by atoms with van der Waals surface area (Å²) < 4.78 is 6.40. The van der Waals surface area contributed by atoms with E-state index in [4.69, 9.17) is 10.2 Å². The van der Waals surface area contributed by atoms with Crippen molar-refractivity contribution in [1.82, 2.24) is 4.98 Å². The highest BCUT2D eigenvalue weighted by Crippen LogP contribution is 2.38. The highest BCUT2D eigenvalue weighted by molar-refractivity contribution is 6.74. The second kappa shape index (κ2) is 7.89. The Bertz CT molecular complexity index is 846. The van der Waals surface area contributed by atoms with Crippen LogP contribution in [0, 0.1) is 0 Å². The van der Waals surface area contributed by atoms with Crippen molar-refractivity contribution in [3.63, 3.8) is 0 Å². The summed E-state index contributed by atoms with van der Waals surface area (Å²) in [7, 11) is -1.72. The molecule has 2 bridgehead atoms. The van der Waals surface area contributed by atoms with E-state index in [1.807, 2.05) is 12.3 Å². The number of pyridine rings is 1. The van der Waals surface area contributed by atoms with E-state index in [1.54, 1.807) is 0 Å². The Morgan fingerprint density at radius 3 is 2.13 bits per heavy atom. The molecule has 162 valence electrons. The Kier molecular flexibility index (Phi) is 5.57. The van der Waals surface area contributed by atoms with Gasteiger partial charge in [-0.15, -0.1) is 0 Å². The van der Waals surface area contributed by atoms with Gasteiger partial charge in [-0.05, 0) is 60.8 Å². The second-order valence-electron chi connectivity index (χ2n) is 10.4. The van der Waals surface area contributed by atoms with Gasteiger partial charge in [0.05, 0.1) is 18.5 Å². The van der Waals surface area contributed by atoms with Gasteiger partial charge < -0.3 is 20.0 Å². The molecule has 5 nitrogen and oxygen atoms in total. The summed E-state index contributed by atoms with van der Waals surface area (Å²) in [6, 6.07) is 14.2. The van der Waals surface area contributed by atoms with Crippen LogP contribution < -0.4 is 15.5 Å². The highest BCUT2D eigenvalue weighted by atomic mass is 28.4. The number of nitrogen functional groups attached to an aromatic ring is 1. The molecule has 6 heteroatoms. The molecule has 2 aliphatic rings. The zero-order valence-electron chi connectivity index (χ0n) is 19.1. The molecule has 2 unspecified atom stereocenters. The predicted octanol–water partition coefficient (Wildman–Crippen LogP) is 5.04. The summed E-state index contributed by atoms with van der Waals surface area (Å²) in [5.41, 5.74) is 9.54. The van der Waals surface area contributed by atoms with Gasteiger partial charge in [0.25, 0.3) is 0 Å². The molecule has 0 aliphatic carbocycles. The predicted molar refractivity (Wildman–Crippen MR) is 129 cm³/mol. The van der Waals surface area contributed by atoms with E-state index in [1.165, 1.54) is 29.8 Å². The van der Waals surface area contributed by atoms with Gasteiger partial charge in [0, 0.05) is 30.9 Å². The molecular weight excluding hydrogens is 388 g/mol.